The van der Waals surface area contributed by atoms with Gasteiger partial charge in [-0.15, -0.1) is 0 Å². The third-order valence-corrected chi connectivity index (χ3v) is 2.40. The van der Waals surface area contributed by atoms with Gasteiger partial charge in [0, 0.05) is 10.3 Å². The van der Waals surface area contributed by atoms with E-state index in [0.717, 1.165) is 6.42 Å². The van der Waals surface area contributed by atoms with Gasteiger partial charge in [-0.25, -0.2) is 0 Å². The zero-order valence-electron chi connectivity index (χ0n) is 6.39. The molecule has 0 aromatic carbocycles. The fourth-order valence-electron chi connectivity index (χ4n) is 0.403. The van der Waals surface area contributed by atoms with Crippen molar-refractivity contribution in [1.82, 2.24) is 0 Å². The first-order chi connectivity index (χ1) is 4.70. The number of carbonyl (C=O) groups excluding carboxylic acids is 1. The van der Waals surface area contributed by atoms with E-state index in [2.05, 4.69) is 29.5 Å². The monoisotopic (exact) mass is 256 g/mol. The van der Waals surface area contributed by atoms with Gasteiger partial charge < -0.3 is 4.74 Å². The number of ether oxygens (including phenoxy) is 1. The molecule has 0 aromatic rings. The molecule has 0 fully saturated rings. The fraction of sp³-hybridized carbons (Fsp3) is 0.857. The van der Waals surface area contributed by atoms with Gasteiger partial charge in [0.2, 0.25) is 0 Å². The van der Waals surface area contributed by atoms with Crippen LogP contribution >= 0.6 is 22.6 Å². The van der Waals surface area contributed by atoms with Crippen molar-refractivity contribution in [3.05, 3.63) is 0 Å². The van der Waals surface area contributed by atoms with E-state index < -0.39 is 0 Å². The van der Waals surface area contributed by atoms with Crippen LogP contribution in [0.15, 0.2) is 0 Å². The molecule has 60 valence electrons. The molecule has 0 aromatic heterocycles. The van der Waals surface area contributed by atoms with E-state index in [4.69, 9.17) is 4.74 Å². The van der Waals surface area contributed by atoms with Gasteiger partial charge in [-0.3, -0.25) is 4.79 Å². The number of halogens is 1. The molecule has 0 N–H and O–H groups in total. The van der Waals surface area contributed by atoms with Crippen molar-refractivity contribution in [2.45, 2.75) is 30.6 Å². The van der Waals surface area contributed by atoms with Gasteiger partial charge in [-0.2, -0.15) is 0 Å². The van der Waals surface area contributed by atoms with Crippen LogP contribution in [0.5, 0.6) is 0 Å². The Balaban J connectivity index is 3.26. The normalized spacial score (nSPS) is 12.7. The SMILES string of the molecule is CCC(=O)OCC(I)CC. The lowest BCUT2D eigenvalue weighted by Gasteiger charge is -2.06. The maximum absolute atomic E-state index is 10.6. The van der Waals surface area contributed by atoms with E-state index in [9.17, 15) is 4.79 Å². The van der Waals surface area contributed by atoms with E-state index in [1.807, 2.05) is 0 Å². The molecule has 0 aliphatic rings. The summed E-state index contributed by atoms with van der Waals surface area (Å²) in [6.45, 7) is 4.44. The van der Waals surface area contributed by atoms with E-state index in [0.29, 0.717) is 17.0 Å². The molecular weight excluding hydrogens is 243 g/mol. The van der Waals surface area contributed by atoms with Gasteiger partial charge in [-0.1, -0.05) is 36.4 Å². The van der Waals surface area contributed by atoms with E-state index in [-0.39, 0.29) is 5.97 Å². The zero-order chi connectivity index (χ0) is 7.98. The average Bonchev–Trinajstić information content (AvgIpc) is 1.99. The Hall–Kier alpha value is 0.200. The minimum Gasteiger partial charge on any atom is -0.465 e. The molecule has 1 unspecified atom stereocenters. The zero-order valence-corrected chi connectivity index (χ0v) is 8.55. The summed E-state index contributed by atoms with van der Waals surface area (Å²) in [6.07, 6.45) is 1.53. The first-order valence-electron chi connectivity index (χ1n) is 3.50. The number of alkyl halides is 1. The second-order valence-corrected chi connectivity index (χ2v) is 3.80. The molecule has 0 heterocycles. The Kier molecular flexibility index (Phi) is 6.06. The summed E-state index contributed by atoms with van der Waals surface area (Å²) in [5, 5.41) is 0. The lowest BCUT2D eigenvalue weighted by molar-refractivity contribution is -0.143. The maximum Gasteiger partial charge on any atom is 0.305 e. The van der Waals surface area contributed by atoms with Crippen molar-refractivity contribution < 1.29 is 9.53 Å². The molecule has 0 radical (unpaired) electrons. The molecule has 0 amide bonds. The Morgan fingerprint density at radius 1 is 1.60 bits per heavy atom. The van der Waals surface area contributed by atoms with Gasteiger partial charge in [0.05, 0.1) is 0 Å². The van der Waals surface area contributed by atoms with E-state index in [1.165, 1.54) is 0 Å². The summed E-state index contributed by atoms with van der Waals surface area (Å²) >= 11 is 2.28. The highest BCUT2D eigenvalue weighted by Gasteiger charge is 2.03. The highest BCUT2D eigenvalue weighted by Crippen LogP contribution is 2.05. The minimum absolute atomic E-state index is 0.102. The minimum atomic E-state index is -0.102. The van der Waals surface area contributed by atoms with Gasteiger partial charge in [-0.05, 0) is 6.42 Å². The van der Waals surface area contributed by atoms with Crippen molar-refractivity contribution in [2.24, 2.45) is 0 Å². The van der Waals surface area contributed by atoms with Gasteiger partial charge in [0.25, 0.3) is 0 Å². The fourth-order valence-corrected chi connectivity index (χ4v) is 0.583. The van der Waals surface area contributed by atoms with Gasteiger partial charge in [0.15, 0.2) is 0 Å². The molecule has 10 heavy (non-hydrogen) atoms. The van der Waals surface area contributed by atoms with Crippen LogP contribution in [0.25, 0.3) is 0 Å². The predicted octanol–water partition coefficient (Wildman–Crippen LogP) is 2.15. The summed E-state index contributed by atoms with van der Waals surface area (Å²) in [7, 11) is 0. The molecule has 0 aliphatic carbocycles. The molecule has 3 heteroatoms. The number of rotatable bonds is 4. The average molecular weight is 256 g/mol. The molecule has 0 saturated heterocycles. The van der Waals surface area contributed by atoms with Crippen LogP contribution in [0.2, 0.25) is 0 Å². The van der Waals surface area contributed by atoms with Crippen LogP contribution in [0.3, 0.4) is 0 Å². The summed E-state index contributed by atoms with van der Waals surface area (Å²) in [5.41, 5.74) is 0. The van der Waals surface area contributed by atoms with Crippen LogP contribution in [0, 0.1) is 0 Å². The number of carbonyl (C=O) groups is 1. The Bertz CT molecular complexity index is 104. The lowest BCUT2D eigenvalue weighted by atomic mass is 10.4. The lowest BCUT2D eigenvalue weighted by Crippen LogP contribution is -2.11. The third kappa shape index (κ3) is 5.02. The summed E-state index contributed by atoms with van der Waals surface area (Å²) in [6, 6.07) is 0. The highest BCUT2D eigenvalue weighted by molar-refractivity contribution is 14.1. The van der Waals surface area contributed by atoms with Crippen molar-refractivity contribution in [3.63, 3.8) is 0 Å². The van der Waals surface area contributed by atoms with E-state index >= 15 is 0 Å². The van der Waals surface area contributed by atoms with Crippen LogP contribution < -0.4 is 0 Å². The second-order valence-electron chi connectivity index (χ2n) is 2.04. The Labute approximate surface area is 75.5 Å². The smallest absolute Gasteiger partial charge is 0.305 e. The number of hydrogen-bond donors (Lipinski definition) is 0. The predicted molar refractivity (Wildman–Crippen MR) is 49.3 cm³/mol. The molecule has 0 aliphatic heterocycles. The Morgan fingerprint density at radius 3 is 2.60 bits per heavy atom. The first kappa shape index (κ1) is 10.2. The van der Waals surface area contributed by atoms with E-state index in [1.54, 1.807) is 6.92 Å². The van der Waals surface area contributed by atoms with Crippen LogP contribution in [0.4, 0.5) is 0 Å². The Morgan fingerprint density at radius 2 is 2.20 bits per heavy atom. The number of esters is 1. The molecular formula is C7H13IO2. The van der Waals surface area contributed by atoms with Crippen LogP contribution in [-0.2, 0) is 9.53 Å². The summed E-state index contributed by atoms with van der Waals surface area (Å²) in [4.78, 5) is 10.6. The van der Waals surface area contributed by atoms with Crippen LogP contribution in [0.1, 0.15) is 26.7 Å². The molecule has 0 bridgehead atoms. The van der Waals surface area contributed by atoms with Crippen molar-refractivity contribution in [2.75, 3.05) is 6.61 Å². The second kappa shape index (κ2) is 5.95. The first-order valence-corrected chi connectivity index (χ1v) is 4.75. The molecule has 1 atom stereocenters. The largest absolute Gasteiger partial charge is 0.465 e. The summed E-state index contributed by atoms with van der Waals surface area (Å²) < 4.78 is 5.36. The summed E-state index contributed by atoms with van der Waals surface area (Å²) in [5.74, 6) is -0.102. The molecule has 0 saturated carbocycles. The van der Waals surface area contributed by atoms with Crippen LogP contribution in [-0.4, -0.2) is 16.5 Å². The van der Waals surface area contributed by atoms with Crippen molar-refractivity contribution in [3.8, 4) is 0 Å². The highest BCUT2D eigenvalue weighted by atomic mass is 127. The van der Waals surface area contributed by atoms with Gasteiger partial charge in [0.1, 0.15) is 6.61 Å². The quantitative estimate of drug-likeness (QED) is 0.437. The number of hydrogen-bond acceptors (Lipinski definition) is 2. The molecule has 0 spiro atoms. The van der Waals surface area contributed by atoms with Gasteiger partial charge >= 0.3 is 5.97 Å². The maximum atomic E-state index is 10.6. The standard InChI is InChI=1S/C7H13IO2/c1-3-6(8)5-10-7(9)4-2/h6H,3-5H2,1-2H3. The molecule has 2 nitrogen and oxygen atoms in total. The molecule has 0 rings (SSSR count). The van der Waals surface area contributed by atoms with Crippen molar-refractivity contribution in [1.29, 1.82) is 0 Å². The topological polar surface area (TPSA) is 26.3 Å². The van der Waals surface area contributed by atoms with Crippen molar-refractivity contribution >= 4 is 28.6 Å². The third-order valence-electron chi connectivity index (χ3n) is 1.16.